The highest BCUT2D eigenvalue weighted by molar-refractivity contribution is 9.11. The molecule has 11 heavy (non-hydrogen) atoms. The van der Waals surface area contributed by atoms with Crippen molar-refractivity contribution < 1.29 is 5.11 Å². The van der Waals surface area contributed by atoms with Crippen LogP contribution in [0.25, 0.3) is 0 Å². The summed E-state index contributed by atoms with van der Waals surface area (Å²) in [6.07, 6.45) is 0. The molecule has 1 atom stereocenters. The molecule has 0 radical (unpaired) electrons. The van der Waals surface area contributed by atoms with Gasteiger partial charge in [-0.2, -0.15) is 0 Å². The fourth-order valence-electron chi connectivity index (χ4n) is 0.839. The molecule has 1 heterocycles. The van der Waals surface area contributed by atoms with Crippen LogP contribution in [-0.2, 0) is 0 Å². The van der Waals surface area contributed by atoms with Crippen LogP contribution in [0.15, 0.2) is 15.9 Å². The van der Waals surface area contributed by atoms with Gasteiger partial charge in [0.05, 0.1) is 16.4 Å². The lowest BCUT2D eigenvalue weighted by Gasteiger charge is -2.09. The second-order valence-corrected chi connectivity index (χ2v) is 4.66. The lowest BCUT2D eigenvalue weighted by Crippen LogP contribution is -2.18. The number of hydrogen-bond donors (Lipinski definition) is 2. The van der Waals surface area contributed by atoms with Crippen LogP contribution >= 0.6 is 27.3 Å². The first-order valence-electron chi connectivity index (χ1n) is 3.31. The van der Waals surface area contributed by atoms with Gasteiger partial charge >= 0.3 is 0 Å². The topological polar surface area (TPSA) is 32.3 Å². The van der Waals surface area contributed by atoms with Gasteiger partial charge in [-0.1, -0.05) is 0 Å². The molecule has 0 saturated carbocycles. The quantitative estimate of drug-likeness (QED) is 0.838. The molecule has 1 rings (SSSR count). The Kier molecular flexibility index (Phi) is 3.51. The van der Waals surface area contributed by atoms with E-state index in [1.54, 1.807) is 11.3 Å². The second-order valence-electron chi connectivity index (χ2n) is 2.17. The third-order valence-corrected chi connectivity index (χ3v) is 3.21. The van der Waals surface area contributed by atoms with E-state index in [4.69, 9.17) is 5.11 Å². The number of halogens is 1. The van der Waals surface area contributed by atoms with E-state index in [-0.39, 0.29) is 12.6 Å². The SMILES string of the molecule is CN[C@H](CO)c1ccc(Br)s1. The molecular weight excluding hydrogens is 226 g/mol. The van der Waals surface area contributed by atoms with Gasteiger partial charge in [-0.3, -0.25) is 0 Å². The maximum Gasteiger partial charge on any atom is 0.0702 e. The fourth-order valence-corrected chi connectivity index (χ4v) is 2.36. The van der Waals surface area contributed by atoms with Crippen molar-refractivity contribution in [1.29, 1.82) is 0 Å². The molecule has 0 fully saturated rings. The lowest BCUT2D eigenvalue weighted by atomic mass is 10.2. The molecule has 0 aromatic carbocycles. The van der Waals surface area contributed by atoms with Crippen LogP contribution < -0.4 is 5.32 Å². The number of aliphatic hydroxyl groups excluding tert-OH is 1. The van der Waals surface area contributed by atoms with Crippen molar-refractivity contribution in [3.8, 4) is 0 Å². The first-order valence-corrected chi connectivity index (χ1v) is 4.92. The number of aliphatic hydroxyl groups is 1. The molecule has 0 amide bonds. The molecule has 62 valence electrons. The van der Waals surface area contributed by atoms with Crippen LogP contribution in [0.2, 0.25) is 0 Å². The van der Waals surface area contributed by atoms with Crippen LogP contribution in [0.4, 0.5) is 0 Å². The minimum atomic E-state index is 0.0753. The number of thiophene rings is 1. The fraction of sp³-hybridized carbons (Fsp3) is 0.429. The normalized spacial score (nSPS) is 13.4. The molecular formula is C7H10BrNOS. The summed E-state index contributed by atoms with van der Waals surface area (Å²) in [5, 5.41) is 11.9. The van der Waals surface area contributed by atoms with Crippen LogP contribution in [-0.4, -0.2) is 18.8 Å². The molecule has 0 unspecified atom stereocenters. The zero-order valence-electron chi connectivity index (χ0n) is 6.17. The molecule has 4 heteroatoms. The maximum absolute atomic E-state index is 8.92. The van der Waals surface area contributed by atoms with Gasteiger partial charge in [0.1, 0.15) is 0 Å². The minimum Gasteiger partial charge on any atom is -0.394 e. The summed E-state index contributed by atoms with van der Waals surface area (Å²) < 4.78 is 1.10. The molecule has 0 spiro atoms. The Balaban J connectivity index is 2.73. The zero-order chi connectivity index (χ0) is 8.27. The second kappa shape index (κ2) is 4.21. The van der Waals surface area contributed by atoms with E-state index in [0.717, 1.165) is 8.66 Å². The molecule has 1 aromatic rings. The number of rotatable bonds is 3. The van der Waals surface area contributed by atoms with Crippen LogP contribution in [0.3, 0.4) is 0 Å². The standard InChI is InChI=1S/C7H10BrNOS/c1-9-5(4-10)6-2-3-7(8)11-6/h2-3,5,9-10H,4H2,1H3/t5-/m1/s1. The summed E-state index contributed by atoms with van der Waals surface area (Å²) >= 11 is 5.01. The summed E-state index contributed by atoms with van der Waals surface area (Å²) in [7, 11) is 1.84. The van der Waals surface area contributed by atoms with E-state index in [9.17, 15) is 0 Å². The van der Waals surface area contributed by atoms with E-state index in [1.165, 1.54) is 0 Å². The molecule has 0 aliphatic rings. The molecule has 2 N–H and O–H groups in total. The van der Waals surface area contributed by atoms with Gasteiger partial charge in [-0.25, -0.2) is 0 Å². The first-order chi connectivity index (χ1) is 5.27. The lowest BCUT2D eigenvalue weighted by molar-refractivity contribution is 0.253. The van der Waals surface area contributed by atoms with E-state index in [0.29, 0.717) is 0 Å². The zero-order valence-corrected chi connectivity index (χ0v) is 8.58. The Bertz CT molecular complexity index is 222. The Labute approximate surface area is 78.4 Å². The molecule has 0 aliphatic carbocycles. The minimum absolute atomic E-state index is 0.0753. The van der Waals surface area contributed by atoms with Crippen molar-refractivity contribution >= 4 is 27.3 Å². The Morgan fingerprint density at radius 1 is 1.73 bits per heavy atom. The van der Waals surface area contributed by atoms with Crippen molar-refractivity contribution in [1.82, 2.24) is 5.32 Å². The summed E-state index contributed by atoms with van der Waals surface area (Å²) in [5.41, 5.74) is 0. The summed E-state index contributed by atoms with van der Waals surface area (Å²) in [6.45, 7) is 0.142. The maximum atomic E-state index is 8.92. The largest absolute Gasteiger partial charge is 0.394 e. The summed E-state index contributed by atoms with van der Waals surface area (Å²) in [6, 6.07) is 4.07. The van der Waals surface area contributed by atoms with Crippen molar-refractivity contribution in [2.45, 2.75) is 6.04 Å². The highest BCUT2D eigenvalue weighted by Gasteiger charge is 2.08. The van der Waals surface area contributed by atoms with E-state index >= 15 is 0 Å². The smallest absolute Gasteiger partial charge is 0.0702 e. The third-order valence-electron chi connectivity index (χ3n) is 1.47. The van der Waals surface area contributed by atoms with Gasteiger partial charge in [0.2, 0.25) is 0 Å². The summed E-state index contributed by atoms with van der Waals surface area (Å²) in [4.78, 5) is 1.15. The Morgan fingerprint density at radius 2 is 2.45 bits per heavy atom. The van der Waals surface area contributed by atoms with E-state index < -0.39 is 0 Å². The predicted octanol–water partition coefficient (Wildman–Crippen LogP) is 1.76. The third kappa shape index (κ3) is 2.27. The molecule has 2 nitrogen and oxygen atoms in total. The van der Waals surface area contributed by atoms with Crippen LogP contribution in [0.5, 0.6) is 0 Å². The van der Waals surface area contributed by atoms with Crippen molar-refractivity contribution in [3.63, 3.8) is 0 Å². The van der Waals surface area contributed by atoms with Crippen molar-refractivity contribution in [2.75, 3.05) is 13.7 Å². The first kappa shape index (κ1) is 9.19. The number of likely N-dealkylation sites (N-methyl/N-ethyl adjacent to an activating group) is 1. The Morgan fingerprint density at radius 3 is 2.82 bits per heavy atom. The van der Waals surface area contributed by atoms with Gasteiger partial charge in [-0.15, -0.1) is 11.3 Å². The van der Waals surface area contributed by atoms with Gasteiger partial charge in [-0.05, 0) is 35.1 Å². The van der Waals surface area contributed by atoms with Gasteiger partial charge in [0.25, 0.3) is 0 Å². The number of nitrogens with one attached hydrogen (secondary N) is 1. The molecule has 0 bridgehead atoms. The average molecular weight is 236 g/mol. The highest BCUT2D eigenvalue weighted by Crippen LogP contribution is 2.26. The molecule has 0 aliphatic heterocycles. The van der Waals surface area contributed by atoms with E-state index in [1.807, 2.05) is 19.2 Å². The van der Waals surface area contributed by atoms with Crippen LogP contribution in [0, 0.1) is 0 Å². The number of hydrogen-bond acceptors (Lipinski definition) is 3. The van der Waals surface area contributed by atoms with Gasteiger partial charge in [0, 0.05) is 4.88 Å². The molecule has 1 aromatic heterocycles. The van der Waals surface area contributed by atoms with E-state index in [2.05, 4.69) is 21.2 Å². The van der Waals surface area contributed by atoms with Crippen LogP contribution in [0.1, 0.15) is 10.9 Å². The highest BCUT2D eigenvalue weighted by atomic mass is 79.9. The summed E-state index contributed by atoms with van der Waals surface area (Å²) in [5.74, 6) is 0. The van der Waals surface area contributed by atoms with Gasteiger partial charge < -0.3 is 10.4 Å². The Hall–Kier alpha value is 0.1000. The van der Waals surface area contributed by atoms with Gasteiger partial charge in [0.15, 0.2) is 0 Å². The van der Waals surface area contributed by atoms with Crippen molar-refractivity contribution in [3.05, 3.63) is 20.8 Å². The average Bonchev–Trinajstić information content (AvgIpc) is 2.39. The van der Waals surface area contributed by atoms with Crippen molar-refractivity contribution in [2.24, 2.45) is 0 Å². The monoisotopic (exact) mass is 235 g/mol. The molecule has 0 saturated heterocycles. The predicted molar refractivity (Wildman–Crippen MR) is 50.9 cm³/mol.